The molecule has 1 amide bonds. The minimum atomic E-state index is -0.167. The molecule has 0 atom stereocenters. The zero-order chi connectivity index (χ0) is 13.8. The van der Waals surface area contributed by atoms with Crippen molar-refractivity contribution in [3.63, 3.8) is 0 Å². The number of ether oxygens (including phenoxy) is 1. The second-order valence-corrected chi connectivity index (χ2v) is 4.90. The van der Waals surface area contributed by atoms with Crippen LogP contribution in [0.4, 0.5) is 0 Å². The Balaban J connectivity index is 1.57. The lowest BCUT2D eigenvalue weighted by molar-refractivity contribution is 0.0947. The Hall–Kier alpha value is -2.30. The molecule has 0 radical (unpaired) electrons. The summed E-state index contributed by atoms with van der Waals surface area (Å²) in [6, 6.07) is 6.94. The highest BCUT2D eigenvalue weighted by molar-refractivity contribution is 5.94. The van der Waals surface area contributed by atoms with E-state index in [1.54, 1.807) is 30.7 Å². The van der Waals surface area contributed by atoms with Crippen LogP contribution in [-0.4, -0.2) is 17.5 Å². The summed E-state index contributed by atoms with van der Waals surface area (Å²) in [6.07, 6.45) is 5.62. The summed E-state index contributed by atoms with van der Waals surface area (Å²) in [6.45, 7) is 1.05. The fourth-order valence-electron chi connectivity index (χ4n) is 1.80. The Morgan fingerprint density at radius 3 is 3.10 bits per heavy atom. The number of furan rings is 1. The topological polar surface area (TPSA) is 64.4 Å². The van der Waals surface area contributed by atoms with Crippen molar-refractivity contribution in [3.8, 4) is 5.88 Å². The molecule has 0 bridgehead atoms. The lowest BCUT2D eigenvalue weighted by atomic mass is 10.2. The average molecular weight is 272 g/mol. The van der Waals surface area contributed by atoms with Crippen LogP contribution in [0.15, 0.2) is 41.1 Å². The predicted molar refractivity (Wildman–Crippen MR) is 72.3 cm³/mol. The van der Waals surface area contributed by atoms with E-state index in [1.807, 2.05) is 6.07 Å². The summed E-state index contributed by atoms with van der Waals surface area (Å²) in [5.41, 5.74) is 0.539. The lowest BCUT2D eigenvalue weighted by Gasteiger charge is -2.06. The summed E-state index contributed by atoms with van der Waals surface area (Å²) in [4.78, 5) is 16.1. The number of nitrogens with one attached hydrogen (secondary N) is 1. The maximum absolute atomic E-state index is 12.0. The van der Waals surface area contributed by atoms with Crippen molar-refractivity contribution >= 4 is 5.91 Å². The van der Waals surface area contributed by atoms with E-state index < -0.39 is 0 Å². The van der Waals surface area contributed by atoms with Gasteiger partial charge in [0.2, 0.25) is 5.88 Å². The fourth-order valence-corrected chi connectivity index (χ4v) is 1.80. The number of hydrogen-bond donors (Lipinski definition) is 1. The highest BCUT2D eigenvalue weighted by Gasteiger charge is 2.22. The van der Waals surface area contributed by atoms with E-state index in [-0.39, 0.29) is 5.91 Å². The Bertz CT molecular complexity index is 577. The molecule has 0 unspecified atom stereocenters. The normalized spacial score (nSPS) is 14.0. The highest BCUT2D eigenvalue weighted by Crippen LogP contribution is 2.29. The fraction of sp³-hybridized carbons (Fsp3) is 0.333. The highest BCUT2D eigenvalue weighted by atomic mass is 16.5. The minimum Gasteiger partial charge on any atom is -0.477 e. The van der Waals surface area contributed by atoms with Gasteiger partial charge in [0.1, 0.15) is 5.76 Å². The third kappa shape index (κ3) is 3.38. The van der Waals surface area contributed by atoms with Gasteiger partial charge in [-0.1, -0.05) is 0 Å². The van der Waals surface area contributed by atoms with Crippen LogP contribution < -0.4 is 10.1 Å². The molecule has 0 aliphatic heterocycles. The van der Waals surface area contributed by atoms with Crippen LogP contribution >= 0.6 is 0 Å². The molecule has 0 spiro atoms. The van der Waals surface area contributed by atoms with Crippen molar-refractivity contribution in [2.45, 2.75) is 19.4 Å². The maximum Gasteiger partial charge on any atom is 0.251 e. The average Bonchev–Trinajstić information content (AvgIpc) is 3.17. The summed E-state index contributed by atoms with van der Waals surface area (Å²) in [5.74, 6) is 1.72. The van der Waals surface area contributed by atoms with E-state index in [9.17, 15) is 4.79 Å². The first kappa shape index (κ1) is 12.7. The van der Waals surface area contributed by atoms with Gasteiger partial charge in [-0.3, -0.25) is 4.79 Å². The third-order valence-corrected chi connectivity index (χ3v) is 3.16. The molecule has 1 aliphatic rings. The first-order chi connectivity index (χ1) is 9.81. The standard InChI is InChI=1S/C15H16N2O3/c18-15(17-9-13-2-1-7-19-13)12-5-6-16-14(8-12)20-10-11-3-4-11/h1-2,5-8,11H,3-4,9-10H2,(H,17,18). The molecule has 3 rings (SSSR count). The number of nitrogens with zero attached hydrogens (tertiary/aromatic N) is 1. The molecule has 0 aromatic carbocycles. The Morgan fingerprint density at radius 2 is 2.35 bits per heavy atom. The number of hydrogen-bond acceptors (Lipinski definition) is 4. The molecule has 1 fully saturated rings. The molecular formula is C15H16N2O3. The lowest BCUT2D eigenvalue weighted by Crippen LogP contribution is -2.22. The summed E-state index contributed by atoms with van der Waals surface area (Å²) >= 11 is 0. The van der Waals surface area contributed by atoms with Gasteiger partial charge < -0.3 is 14.5 Å². The molecule has 5 nitrogen and oxygen atoms in total. The van der Waals surface area contributed by atoms with Crippen LogP contribution in [-0.2, 0) is 6.54 Å². The predicted octanol–water partition coefficient (Wildman–Crippen LogP) is 2.39. The third-order valence-electron chi connectivity index (χ3n) is 3.16. The second-order valence-electron chi connectivity index (χ2n) is 4.90. The summed E-state index contributed by atoms with van der Waals surface area (Å²) < 4.78 is 10.7. The smallest absolute Gasteiger partial charge is 0.251 e. The molecule has 1 aliphatic carbocycles. The molecule has 2 aromatic heterocycles. The van der Waals surface area contributed by atoms with Crippen LogP contribution in [0.5, 0.6) is 5.88 Å². The maximum atomic E-state index is 12.0. The molecule has 1 saturated carbocycles. The van der Waals surface area contributed by atoms with Crippen LogP contribution in [0.25, 0.3) is 0 Å². The molecule has 104 valence electrons. The van der Waals surface area contributed by atoms with E-state index in [0.29, 0.717) is 30.5 Å². The van der Waals surface area contributed by atoms with Crippen LogP contribution in [0.3, 0.4) is 0 Å². The Kier molecular flexibility index (Phi) is 3.67. The first-order valence-corrected chi connectivity index (χ1v) is 6.71. The van der Waals surface area contributed by atoms with E-state index in [0.717, 1.165) is 5.76 Å². The van der Waals surface area contributed by atoms with Gasteiger partial charge in [-0.05, 0) is 37.0 Å². The van der Waals surface area contributed by atoms with Gasteiger partial charge in [-0.15, -0.1) is 0 Å². The van der Waals surface area contributed by atoms with Gasteiger partial charge >= 0.3 is 0 Å². The van der Waals surface area contributed by atoms with Gasteiger partial charge in [0.05, 0.1) is 19.4 Å². The van der Waals surface area contributed by atoms with Gasteiger partial charge in [-0.2, -0.15) is 0 Å². The molecular weight excluding hydrogens is 256 g/mol. The molecule has 2 heterocycles. The largest absolute Gasteiger partial charge is 0.477 e. The first-order valence-electron chi connectivity index (χ1n) is 6.71. The van der Waals surface area contributed by atoms with E-state index in [2.05, 4.69) is 10.3 Å². The number of aromatic nitrogens is 1. The van der Waals surface area contributed by atoms with E-state index in [1.165, 1.54) is 12.8 Å². The van der Waals surface area contributed by atoms with Crippen molar-refractivity contribution in [3.05, 3.63) is 48.0 Å². The SMILES string of the molecule is O=C(NCc1ccco1)c1ccnc(OCC2CC2)c1. The number of carbonyl (C=O) groups excluding carboxylic acids is 1. The summed E-state index contributed by atoms with van der Waals surface area (Å²) in [5, 5.41) is 2.79. The van der Waals surface area contributed by atoms with Crippen LogP contribution in [0, 0.1) is 5.92 Å². The molecule has 2 aromatic rings. The quantitative estimate of drug-likeness (QED) is 0.877. The molecule has 1 N–H and O–H groups in total. The Labute approximate surface area is 117 Å². The van der Waals surface area contributed by atoms with Crippen LogP contribution in [0.1, 0.15) is 29.0 Å². The van der Waals surface area contributed by atoms with Crippen molar-refractivity contribution in [1.29, 1.82) is 0 Å². The van der Waals surface area contributed by atoms with Crippen molar-refractivity contribution in [2.24, 2.45) is 5.92 Å². The zero-order valence-corrected chi connectivity index (χ0v) is 11.0. The molecule has 0 saturated heterocycles. The van der Waals surface area contributed by atoms with Gasteiger partial charge in [0.25, 0.3) is 5.91 Å². The van der Waals surface area contributed by atoms with Gasteiger partial charge in [0, 0.05) is 17.8 Å². The number of rotatable bonds is 6. The minimum absolute atomic E-state index is 0.167. The number of carbonyl (C=O) groups is 1. The number of amides is 1. The van der Waals surface area contributed by atoms with Gasteiger partial charge in [-0.25, -0.2) is 4.98 Å². The van der Waals surface area contributed by atoms with Crippen molar-refractivity contribution in [2.75, 3.05) is 6.61 Å². The second kappa shape index (κ2) is 5.77. The number of pyridine rings is 1. The molecule has 5 heteroatoms. The summed E-state index contributed by atoms with van der Waals surface area (Å²) in [7, 11) is 0. The molecule has 20 heavy (non-hydrogen) atoms. The van der Waals surface area contributed by atoms with Crippen molar-refractivity contribution < 1.29 is 13.9 Å². The Morgan fingerprint density at radius 1 is 1.45 bits per heavy atom. The van der Waals surface area contributed by atoms with E-state index >= 15 is 0 Å². The zero-order valence-electron chi connectivity index (χ0n) is 11.0. The van der Waals surface area contributed by atoms with E-state index in [4.69, 9.17) is 9.15 Å². The monoisotopic (exact) mass is 272 g/mol. The van der Waals surface area contributed by atoms with Crippen molar-refractivity contribution in [1.82, 2.24) is 10.3 Å². The van der Waals surface area contributed by atoms with Gasteiger partial charge in [0.15, 0.2) is 0 Å². The van der Waals surface area contributed by atoms with Crippen LogP contribution in [0.2, 0.25) is 0 Å².